The summed E-state index contributed by atoms with van der Waals surface area (Å²) < 4.78 is 5.35. The fourth-order valence-corrected chi connectivity index (χ4v) is 4.32. The molecule has 1 fully saturated rings. The van der Waals surface area contributed by atoms with Crippen molar-refractivity contribution >= 4 is 23.2 Å². The molecule has 0 aromatic carbocycles. The van der Waals surface area contributed by atoms with E-state index < -0.39 is 0 Å². The van der Waals surface area contributed by atoms with E-state index in [4.69, 9.17) is 4.74 Å². The predicted octanol–water partition coefficient (Wildman–Crippen LogP) is 2.81. The van der Waals surface area contributed by atoms with Crippen LogP contribution in [0.15, 0.2) is 22.3 Å². The highest BCUT2D eigenvalue weighted by Crippen LogP contribution is 2.25. The molecule has 158 valence electrons. The molecular weight excluding hydrogens is 388 g/mol. The summed E-state index contributed by atoms with van der Waals surface area (Å²) in [6.45, 7) is 8.82. The Morgan fingerprint density at radius 1 is 1.38 bits per heavy atom. The second kappa shape index (κ2) is 10.0. The molecule has 2 aromatic rings. The van der Waals surface area contributed by atoms with Gasteiger partial charge in [0.2, 0.25) is 11.9 Å². The van der Waals surface area contributed by atoms with Gasteiger partial charge in [-0.2, -0.15) is 0 Å². The summed E-state index contributed by atoms with van der Waals surface area (Å²) >= 11 is 1.66. The average molecular weight is 419 g/mol. The lowest BCUT2D eigenvalue weighted by Crippen LogP contribution is -2.38. The molecule has 1 atom stereocenters. The molecule has 8 heteroatoms. The van der Waals surface area contributed by atoms with Gasteiger partial charge in [0.25, 0.3) is 5.56 Å². The van der Waals surface area contributed by atoms with E-state index in [0.717, 1.165) is 11.3 Å². The summed E-state index contributed by atoms with van der Waals surface area (Å²) in [5.41, 5.74) is 1.09. The Kier molecular flexibility index (Phi) is 7.44. The maximum Gasteiger partial charge on any atom is 0.255 e. The number of carbonyl (C=O) groups is 1. The Balaban J connectivity index is 1.62. The normalized spacial score (nSPS) is 15.5. The SMILES string of the molecule is Cc1nc(N2CCOCC2)[nH]c(=O)c1CCC(=O)NC(CC(C)C)c1cccs1. The van der Waals surface area contributed by atoms with Crippen molar-refractivity contribution in [1.29, 1.82) is 0 Å². The summed E-state index contributed by atoms with van der Waals surface area (Å²) in [5.74, 6) is 1.02. The minimum Gasteiger partial charge on any atom is -0.378 e. The molecule has 3 heterocycles. The number of H-pyrrole nitrogens is 1. The lowest BCUT2D eigenvalue weighted by atomic mass is 10.0. The molecule has 0 radical (unpaired) electrons. The van der Waals surface area contributed by atoms with Gasteiger partial charge in [-0.15, -0.1) is 11.3 Å². The van der Waals surface area contributed by atoms with Gasteiger partial charge >= 0.3 is 0 Å². The van der Waals surface area contributed by atoms with Crippen molar-refractivity contribution in [1.82, 2.24) is 15.3 Å². The zero-order valence-electron chi connectivity index (χ0n) is 17.4. The van der Waals surface area contributed by atoms with Crippen molar-refractivity contribution < 1.29 is 9.53 Å². The number of nitrogens with one attached hydrogen (secondary N) is 2. The molecule has 1 unspecified atom stereocenters. The van der Waals surface area contributed by atoms with Crippen LogP contribution in [0.25, 0.3) is 0 Å². The highest BCUT2D eigenvalue weighted by atomic mass is 32.1. The zero-order chi connectivity index (χ0) is 20.8. The van der Waals surface area contributed by atoms with Gasteiger partial charge in [0.1, 0.15) is 0 Å². The van der Waals surface area contributed by atoms with Crippen LogP contribution in [0.1, 0.15) is 48.9 Å². The molecule has 0 spiro atoms. The number of aromatic nitrogens is 2. The highest BCUT2D eigenvalue weighted by molar-refractivity contribution is 7.10. The van der Waals surface area contributed by atoms with Gasteiger partial charge in [0.15, 0.2) is 0 Å². The van der Waals surface area contributed by atoms with Crippen molar-refractivity contribution in [3.8, 4) is 0 Å². The molecule has 0 aliphatic carbocycles. The van der Waals surface area contributed by atoms with Crippen LogP contribution >= 0.6 is 11.3 Å². The van der Waals surface area contributed by atoms with Crippen LogP contribution in [0.4, 0.5) is 5.95 Å². The number of ether oxygens (including phenoxy) is 1. The van der Waals surface area contributed by atoms with Gasteiger partial charge in [-0.1, -0.05) is 19.9 Å². The van der Waals surface area contributed by atoms with Crippen LogP contribution in [-0.4, -0.2) is 42.2 Å². The Hall–Kier alpha value is -2.19. The highest BCUT2D eigenvalue weighted by Gasteiger charge is 2.19. The third kappa shape index (κ3) is 5.90. The fraction of sp³-hybridized carbons (Fsp3) is 0.571. The molecule has 2 aromatic heterocycles. The third-order valence-corrected chi connectivity index (χ3v) is 6.04. The topological polar surface area (TPSA) is 87.3 Å². The van der Waals surface area contributed by atoms with Gasteiger partial charge < -0.3 is 15.0 Å². The number of aryl methyl sites for hydroxylation is 1. The van der Waals surface area contributed by atoms with E-state index in [1.807, 2.05) is 23.3 Å². The van der Waals surface area contributed by atoms with Crippen molar-refractivity contribution in [2.75, 3.05) is 31.2 Å². The molecule has 1 amide bonds. The first-order valence-electron chi connectivity index (χ1n) is 10.2. The minimum atomic E-state index is -0.163. The van der Waals surface area contributed by atoms with Crippen molar-refractivity contribution in [3.63, 3.8) is 0 Å². The van der Waals surface area contributed by atoms with Crippen LogP contribution in [0.2, 0.25) is 0 Å². The molecule has 1 aliphatic rings. The molecule has 1 saturated heterocycles. The fourth-order valence-electron chi connectivity index (χ4n) is 3.53. The summed E-state index contributed by atoms with van der Waals surface area (Å²) in [6, 6.07) is 4.08. The predicted molar refractivity (Wildman–Crippen MR) is 116 cm³/mol. The second-order valence-electron chi connectivity index (χ2n) is 7.82. The van der Waals surface area contributed by atoms with E-state index >= 15 is 0 Å². The Morgan fingerprint density at radius 3 is 2.76 bits per heavy atom. The smallest absolute Gasteiger partial charge is 0.255 e. The van der Waals surface area contributed by atoms with E-state index in [1.54, 1.807) is 11.3 Å². The third-order valence-electron chi connectivity index (χ3n) is 5.05. The number of anilines is 1. The van der Waals surface area contributed by atoms with Crippen molar-refractivity contribution in [2.24, 2.45) is 5.92 Å². The van der Waals surface area contributed by atoms with Gasteiger partial charge in [0.05, 0.1) is 19.3 Å². The van der Waals surface area contributed by atoms with Crippen molar-refractivity contribution in [2.45, 2.75) is 46.1 Å². The second-order valence-corrected chi connectivity index (χ2v) is 8.80. The van der Waals surface area contributed by atoms with Gasteiger partial charge in [0, 0.05) is 35.6 Å². The first-order chi connectivity index (χ1) is 13.9. The quantitative estimate of drug-likeness (QED) is 0.688. The van der Waals surface area contributed by atoms with Crippen molar-refractivity contribution in [3.05, 3.63) is 44.0 Å². The number of amides is 1. The van der Waals surface area contributed by atoms with Crippen LogP contribution in [0, 0.1) is 12.8 Å². The van der Waals surface area contributed by atoms with Crippen LogP contribution in [0.5, 0.6) is 0 Å². The standard InChI is InChI=1S/C21H30N4O3S/c1-14(2)13-17(18-5-4-12-29-18)23-19(26)7-6-16-15(3)22-21(24-20(16)27)25-8-10-28-11-9-25/h4-5,12,14,17H,6-11,13H2,1-3H3,(H,23,26)(H,22,24,27). The molecule has 2 N–H and O–H groups in total. The molecule has 1 aliphatic heterocycles. The van der Waals surface area contributed by atoms with Crippen LogP contribution in [-0.2, 0) is 16.0 Å². The average Bonchev–Trinajstić information content (AvgIpc) is 3.22. The lowest BCUT2D eigenvalue weighted by Gasteiger charge is -2.27. The first kappa shape index (κ1) is 21.5. The number of carbonyl (C=O) groups excluding carboxylic acids is 1. The first-order valence-corrected chi connectivity index (χ1v) is 11.1. The number of morpholine rings is 1. The Morgan fingerprint density at radius 2 is 2.14 bits per heavy atom. The maximum absolute atomic E-state index is 12.6. The summed E-state index contributed by atoms with van der Waals surface area (Å²) in [6.07, 6.45) is 1.53. The summed E-state index contributed by atoms with van der Waals surface area (Å²) in [4.78, 5) is 35.8. The molecule has 3 rings (SSSR count). The van der Waals surface area contributed by atoms with E-state index in [0.29, 0.717) is 55.8 Å². The van der Waals surface area contributed by atoms with Gasteiger partial charge in [-0.05, 0) is 37.1 Å². The van der Waals surface area contributed by atoms with E-state index in [1.165, 1.54) is 0 Å². The molecule has 29 heavy (non-hydrogen) atoms. The number of hydrogen-bond acceptors (Lipinski definition) is 6. The molecule has 0 saturated carbocycles. The largest absolute Gasteiger partial charge is 0.378 e. The number of thiophene rings is 1. The number of aromatic amines is 1. The zero-order valence-corrected chi connectivity index (χ0v) is 18.2. The van der Waals surface area contributed by atoms with Gasteiger partial charge in [-0.3, -0.25) is 14.6 Å². The van der Waals surface area contributed by atoms with Gasteiger partial charge in [-0.25, -0.2) is 4.98 Å². The summed E-state index contributed by atoms with van der Waals surface area (Å²) in [5, 5.41) is 5.17. The number of nitrogens with zero attached hydrogens (tertiary/aromatic N) is 2. The van der Waals surface area contributed by atoms with E-state index in [9.17, 15) is 9.59 Å². The minimum absolute atomic E-state index is 0.0173. The Labute approximate surface area is 175 Å². The maximum atomic E-state index is 12.6. The van der Waals surface area contributed by atoms with Crippen LogP contribution < -0.4 is 15.8 Å². The lowest BCUT2D eigenvalue weighted by molar-refractivity contribution is -0.121. The molecule has 7 nitrogen and oxygen atoms in total. The van der Waals surface area contributed by atoms with E-state index in [-0.39, 0.29) is 23.9 Å². The van der Waals surface area contributed by atoms with Crippen LogP contribution in [0.3, 0.4) is 0 Å². The number of rotatable bonds is 8. The molecule has 0 bridgehead atoms. The summed E-state index contributed by atoms with van der Waals surface area (Å²) in [7, 11) is 0. The Bertz CT molecular complexity index is 857. The monoisotopic (exact) mass is 418 g/mol. The molecular formula is C21H30N4O3S. The number of hydrogen-bond donors (Lipinski definition) is 2. The van der Waals surface area contributed by atoms with E-state index in [2.05, 4.69) is 35.2 Å².